The molecule has 1 saturated heterocycles. The topological polar surface area (TPSA) is 113 Å². The van der Waals surface area contributed by atoms with E-state index in [9.17, 15) is 14.4 Å². The summed E-state index contributed by atoms with van der Waals surface area (Å²) in [5.74, 6) is -1.18. The lowest BCUT2D eigenvalue weighted by molar-refractivity contribution is -0.141. The molecule has 108 valence electrons. The van der Waals surface area contributed by atoms with Crippen molar-refractivity contribution in [3.63, 3.8) is 0 Å². The minimum absolute atomic E-state index is 0.0708. The molecule has 0 aromatic heterocycles. The lowest BCUT2D eigenvalue weighted by Gasteiger charge is -2.28. The number of carboxylic acids is 1. The van der Waals surface area contributed by atoms with E-state index in [2.05, 4.69) is 5.32 Å². The highest BCUT2D eigenvalue weighted by Gasteiger charge is 2.40. The zero-order valence-electron chi connectivity index (χ0n) is 11.2. The molecular formula is C11H19N3O4S. The maximum absolute atomic E-state index is 12.0. The number of urea groups is 1. The van der Waals surface area contributed by atoms with E-state index < -0.39 is 29.4 Å². The van der Waals surface area contributed by atoms with Gasteiger partial charge in [0.1, 0.15) is 6.04 Å². The first-order valence-electron chi connectivity index (χ1n) is 5.87. The fourth-order valence-electron chi connectivity index (χ4n) is 1.62. The zero-order valence-corrected chi connectivity index (χ0v) is 12.0. The summed E-state index contributed by atoms with van der Waals surface area (Å²) in [5, 5.41) is 11.4. The van der Waals surface area contributed by atoms with Crippen molar-refractivity contribution in [1.29, 1.82) is 0 Å². The average molecular weight is 289 g/mol. The molecule has 1 rings (SSSR count). The normalized spacial score (nSPS) is 23.2. The largest absolute Gasteiger partial charge is 0.480 e. The van der Waals surface area contributed by atoms with Crippen LogP contribution in [0, 0.1) is 5.41 Å². The molecular weight excluding hydrogens is 270 g/mol. The fraction of sp³-hybridized carbons (Fsp3) is 0.727. The Balaban J connectivity index is 2.67. The van der Waals surface area contributed by atoms with Crippen LogP contribution in [0.3, 0.4) is 0 Å². The standard InChI is InChI=1S/C11H19N3O4S/c1-6-14(7(4-19-6)8(15)16)10(18)13-5-11(2,3)9(12)17/h6-7H,4-5H2,1-3H3,(H2,12,17)(H,13,18)(H,15,16). The molecule has 8 heteroatoms. The van der Waals surface area contributed by atoms with Crippen molar-refractivity contribution in [2.75, 3.05) is 12.3 Å². The van der Waals surface area contributed by atoms with Crippen LogP contribution in [0.15, 0.2) is 0 Å². The number of carbonyl (C=O) groups excluding carboxylic acids is 2. The molecule has 0 radical (unpaired) electrons. The van der Waals surface area contributed by atoms with Gasteiger partial charge in [-0.25, -0.2) is 9.59 Å². The van der Waals surface area contributed by atoms with Crippen molar-refractivity contribution < 1.29 is 19.5 Å². The Labute approximate surface area is 115 Å². The first-order valence-corrected chi connectivity index (χ1v) is 6.92. The van der Waals surface area contributed by atoms with Crippen molar-refractivity contribution in [2.24, 2.45) is 11.1 Å². The molecule has 1 fully saturated rings. The molecule has 0 aliphatic carbocycles. The van der Waals surface area contributed by atoms with Gasteiger partial charge < -0.3 is 16.2 Å². The Morgan fingerprint density at radius 1 is 1.47 bits per heavy atom. The summed E-state index contributed by atoms with van der Waals surface area (Å²) in [6.07, 6.45) is 0. The second-order valence-corrected chi connectivity index (χ2v) is 6.45. The molecule has 7 nitrogen and oxygen atoms in total. The number of nitrogens with zero attached hydrogens (tertiary/aromatic N) is 1. The number of amides is 3. The summed E-state index contributed by atoms with van der Waals surface area (Å²) < 4.78 is 0. The molecule has 1 aliphatic rings. The Kier molecular flexibility index (Phi) is 4.67. The van der Waals surface area contributed by atoms with Crippen LogP contribution in [0.2, 0.25) is 0 Å². The van der Waals surface area contributed by atoms with Gasteiger partial charge in [-0.1, -0.05) is 0 Å². The van der Waals surface area contributed by atoms with Crippen LogP contribution in [0.5, 0.6) is 0 Å². The van der Waals surface area contributed by atoms with Gasteiger partial charge in [-0.2, -0.15) is 0 Å². The lowest BCUT2D eigenvalue weighted by Crippen LogP contribution is -2.52. The number of thioether (sulfide) groups is 1. The van der Waals surface area contributed by atoms with Crippen molar-refractivity contribution in [2.45, 2.75) is 32.2 Å². The minimum atomic E-state index is -1.03. The Morgan fingerprint density at radius 2 is 2.05 bits per heavy atom. The maximum atomic E-state index is 12.0. The molecule has 0 bridgehead atoms. The van der Waals surface area contributed by atoms with E-state index in [4.69, 9.17) is 10.8 Å². The summed E-state index contributed by atoms with van der Waals surface area (Å²) in [6.45, 7) is 5.08. The quantitative estimate of drug-likeness (QED) is 0.677. The molecule has 2 unspecified atom stereocenters. The summed E-state index contributed by atoms with van der Waals surface area (Å²) in [7, 11) is 0. The molecule has 0 aromatic carbocycles. The Hall–Kier alpha value is -1.44. The zero-order chi connectivity index (χ0) is 14.8. The first-order chi connectivity index (χ1) is 8.66. The predicted octanol–water partition coefficient (Wildman–Crippen LogP) is 0.0555. The predicted molar refractivity (Wildman–Crippen MR) is 71.6 cm³/mol. The van der Waals surface area contributed by atoms with Gasteiger partial charge in [0.05, 0.1) is 10.8 Å². The van der Waals surface area contributed by atoms with Crippen LogP contribution in [-0.4, -0.2) is 51.6 Å². The van der Waals surface area contributed by atoms with E-state index in [1.165, 1.54) is 16.7 Å². The summed E-state index contributed by atoms with van der Waals surface area (Å²) >= 11 is 1.40. The SMILES string of the molecule is CC1SCC(C(=O)O)N1C(=O)NCC(C)(C)C(N)=O. The number of aliphatic carboxylic acids is 1. The molecule has 0 saturated carbocycles. The van der Waals surface area contributed by atoms with E-state index >= 15 is 0 Å². The molecule has 1 heterocycles. The summed E-state index contributed by atoms with van der Waals surface area (Å²) in [4.78, 5) is 35.5. The first kappa shape index (κ1) is 15.6. The van der Waals surface area contributed by atoms with E-state index in [-0.39, 0.29) is 11.9 Å². The highest BCUT2D eigenvalue weighted by molar-refractivity contribution is 8.00. The smallest absolute Gasteiger partial charge is 0.327 e. The third-order valence-corrected chi connectivity index (χ3v) is 4.31. The maximum Gasteiger partial charge on any atom is 0.327 e. The van der Waals surface area contributed by atoms with Crippen LogP contribution in [0.25, 0.3) is 0 Å². The molecule has 2 atom stereocenters. The van der Waals surface area contributed by atoms with Crippen LogP contribution in [0.1, 0.15) is 20.8 Å². The van der Waals surface area contributed by atoms with Crippen molar-refractivity contribution >= 4 is 29.7 Å². The van der Waals surface area contributed by atoms with Gasteiger partial charge in [-0.15, -0.1) is 11.8 Å². The van der Waals surface area contributed by atoms with Gasteiger partial charge in [-0.3, -0.25) is 9.69 Å². The van der Waals surface area contributed by atoms with Crippen LogP contribution in [0.4, 0.5) is 4.79 Å². The van der Waals surface area contributed by atoms with Crippen LogP contribution < -0.4 is 11.1 Å². The van der Waals surface area contributed by atoms with Gasteiger partial charge in [0, 0.05) is 12.3 Å². The molecule has 3 amide bonds. The van der Waals surface area contributed by atoms with Gasteiger partial charge in [0.15, 0.2) is 0 Å². The lowest BCUT2D eigenvalue weighted by atomic mass is 9.93. The number of hydrogen-bond acceptors (Lipinski definition) is 4. The van der Waals surface area contributed by atoms with Gasteiger partial charge >= 0.3 is 12.0 Å². The number of carboxylic acid groups (broad SMARTS) is 1. The van der Waals surface area contributed by atoms with Crippen LogP contribution in [-0.2, 0) is 9.59 Å². The summed E-state index contributed by atoms with van der Waals surface area (Å²) in [5.41, 5.74) is 4.34. The average Bonchev–Trinajstić information content (AvgIpc) is 2.68. The van der Waals surface area contributed by atoms with Crippen molar-refractivity contribution in [1.82, 2.24) is 10.2 Å². The Morgan fingerprint density at radius 3 is 2.53 bits per heavy atom. The van der Waals surface area contributed by atoms with E-state index in [0.717, 1.165) is 0 Å². The molecule has 4 N–H and O–H groups in total. The fourth-order valence-corrected chi connectivity index (χ4v) is 2.78. The van der Waals surface area contributed by atoms with E-state index in [1.807, 2.05) is 0 Å². The number of rotatable bonds is 4. The second kappa shape index (κ2) is 5.68. The molecule has 1 aliphatic heterocycles. The van der Waals surface area contributed by atoms with Gasteiger partial charge in [0.25, 0.3) is 0 Å². The van der Waals surface area contributed by atoms with Crippen LogP contribution >= 0.6 is 11.8 Å². The van der Waals surface area contributed by atoms with Gasteiger partial charge in [0.2, 0.25) is 5.91 Å². The number of hydrogen-bond donors (Lipinski definition) is 3. The highest BCUT2D eigenvalue weighted by Crippen LogP contribution is 2.28. The minimum Gasteiger partial charge on any atom is -0.480 e. The van der Waals surface area contributed by atoms with Gasteiger partial charge in [-0.05, 0) is 20.8 Å². The van der Waals surface area contributed by atoms with Crippen molar-refractivity contribution in [3.05, 3.63) is 0 Å². The molecule has 0 spiro atoms. The monoisotopic (exact) mass is 289 g/mol. The van der Waals surface area contributed by atoms with E-state index in [0.29, 0.717) is 5.75 Å². The number of primary amides is 1. The van der Waals surface area contributed by atoms with Crippen molar-refractivity contribution in [3.8, 4) is 0 Å². The molecule has 0 aromatic rings. The highest BCUT2D eigenvalue weighted by atomic mass is 32.2. The third kappa shape index (κ3) is 3.52. The van der Waals surface area contributed by atoms with E-state index in [1.54, 1.807) is 20.8 Å². The Bertz CT molecular complexity index is 399. The third-order valence-electron chi connectivity index (χ3n) is 3.09. The number of nitrogens with one attached hydrogen (secondary N) is 1. The number of carbonyl (C=O) groups is 3. The molecule has 19 heavy (non-hydrogen) atoms. The number of nitrogens with two attached hydrogens (primary N) is 1. The summed E-state index contributed by atoms with van der Waals surface area (Å²) in [6, 6.07) is -1.32. The second-order valence-electron chi connectivity index (χ2n) is 5.10.